The third-order valence-corrected chi connectivity index (χ3v) is 5.13. The van der Waals surface area contributed by atoms with Crippen molar-refractivity contribution in [3.63, 3.8) is 0 Å². The zero-order valence-corrected chi connectivity index (χ0v) is 15.7. The van der Waals surface area contributed by atoms with E-state index in [1.807, 2.05) is 49.4 Å². The van der Waals surface area contributed by atoms with E-state index in [1.165, 1.54) is 17.7 Å². The quantitative estimate of drug-likeness (QED) is 0.731. The lowest BCUT2D eigenvalue weighted by Gasteiger charge is -2.40. The number of anilines is 1. The Morgan fingerprint density at radius 1 is 1.11 bits per heavy atom. The van der Waals surface area contributed by atoms with Gasteiger partial charge in [-0.15, -0.1) is 0 Å². The predicted molar refractivity (Wildman–Crippen MR) is 108 cm³/mol. The van der Waals surface area contributed by atoms with Crippen molar-refractivity contribution in [1.29, 1.82) is 0 Å². The molecule has 142 valence electrons. The van der Waals surface area contributed by atoms with Gasteiger partial charge in [0, 0.05) is 37.3 Å². The second kappa shape index (κ2) is 7.80. The summed E-state index contributed by atoms with van der Waals surface area (Å²) >= 11 is 0. The van der Waals surface area contributed by atoms with Crippen LogP contribution >= 0.6 is 0 Å². The molecule has 2 heterocycles. The first-order chi connectivity index (χ1) is 13.6. The number of aryl methyl sites for hydroxylation is 1. The van der Waals surface area contributed by atoms with Gasteiger partial charge in [-0.1, -0.05) is 42.0 Å². The number of nitrogens with one attached hydrogen (secondary N) is 1. The number of rotatable bonds is 5. The number of aromatic nitrogens is 1. The SMILES string of the molecule is Cc1ccc(CNC(=O)c2ccnc(N3CC(c4ccc(F)cc4)C3)c2)cc1. The topological polar surface area (TPSA) is 45.2 Å². The van der Waals surface area contributed by atoms with E-state index in [-0.39, 0.29) is 11.7 Å². The first-order valence-corrected chi connectivity index (χ1v) is 9.39. The minimum absolute atomic E-state index is 0.111. The fourth-order valence-corrected chi connectivity index (χ4v) is 3.33. The molecule has 0 saturated carbocycles. The summed E-state index contributed by atoms with van der Waals surface area (Å²) in [6.07, 6.45) is 1.67. The third-order valence-electron chi connectivity index (χ3n) is 5.13. The maximum Gasteiger partial charge on any atom is 0.251 e. The first-order valence-electron chi connectivity index (χ1n) is 9.39. The average molecular weight is 375 g/mol. The largest absolute Gasteiger partial charge is 0.355 e. The molecule has 1 aliphatic rings. The van der Waals surface area contributed by atoms with Crippen molar-refractivity contribution < 1.29 is 9.18 Å². The van der Waals surface area contributed by atoms with E-state index in [1.54, 1.807) is 12.3 Å². The predicted octanol–water partition coefficient (Wildman–Crippen LogP) is 4.06. The fourth-order valence-electron chi connectivity index (χ4n) is 3.33. The molecule has 1 saturated heterocycles. The Bertz CT molecular complexity index is 964. The van der Waals surface area contributed by atoms with E-state index in [0.717, 1.165) is 30.0 Å². The van der Waals surface area contributed by atoms with Gasteiger partial charge in [0.2, 0.25) is 0 Å². The molecule has 5 heteroatoms. The summed E-state index contributed by atoms with van der Waals surface area (Å²) < 4.78 is 13.1. The van der Waals surface area contributed by atoms with Gasteiger partial charge in [0.05, 0.1) is 0 Å². The van der Waals surface area contributed by atoms with Crippen molar-refractivity contribution >= 4 is 11.7 Å². The summed E-state index contributed by atoms with van der Waals surface area (Å²) in [6, 6.07) is 18.3. The molecule has 2 aromatic carbocycles. The van der Waals surface area contributed by atoms with E-state index in [9.17, 15) is 9.18 Å². The summed E-state index contributed by atoms with van der Waals surface area (Å²) in [5.74, 6) is 0.827. The first kappa shape index (κ1) is 18.2. The van der Waals surface area contributed by atoms with Crippen LogP contribution in [0.3, 0.4) is 0 Å². The van der Waals surface area contributed by atoms with Crippen LogP contribution in [0.15, 0.2) is 66.9 Å². The molecule has 0 unspecified atom stereocenters. The maximum atomic E-state index is 13.1. The van der Waals surface area contributed by atoms with Crippen molar-refractivity contribution in [2.45, 2.75) is 19.4 Å². The van der Waals surface area contributed by atoms with E-state index >= 15 is 0 Å². The number of amides is 1. The lowest BCUT2D eigenvalue weighted by Crippen LogP contribution is -2.45. The van der Waals surface area contributed by atoms with Crippen LogP contribution in [0.25, 0.3) is 0 Å². The van der Waals surface area contributed by atoms with Crippen molar-refractivity contribution in [3.8, 4) is 0 Å². The minimum atomic E-state index is -0.217. The van der Waals surface area contributed by atoms with Crippen LogP contribution < -0.4 is 10.2 Å². The Hall–Kier alpha value is -3.21. The molecule has 28 heavy (non-hydrogen) atoms. The highest BCUT2D eigenvalue weighted by Gasteiger charge is 2.29. The molecule has 0 spiro atoms. The lowest BCUT2D eigenvalue weighted by molar-refractivity contribution is 0.0951. The molecule has 1 aromatic heterocycles. The summed E-state index contributed by atoms with van der Waals surface area (Å²) in [6.45, 7) is 4.16. The highest BCUT2D eigenvalue weighted by molar-refractivity contribution is 5.94. The monoisotopic (exact) mass is 375 g/mol. The molecule has 1 amide bonds. The summed E-state index contributed by atoms with van der Waals surface area (Å²) in [5.41, 5.74) is 3.99. The van der Waals surface area contributed by atoms with E-state index in [2.05, 4.69) is 15.2 Å². The second-order valence-corrected chi connectivity index (χ2v) is 7.22. The highest BCUT2D eigenvalue weighted by atomic mass is 19.1. The van der Waals surface area contributed by atoms with Gasteiger partial charge in [-0.05, 0) is 42.3 Å². The molecule has 3 aromatic rings. The van der Waals surface area contributed by atoms with Crippen LogP contribution in [0.1, 0.15) is 33.0 Å². The number of hydrogen-bond acceptors (Lipinski definition) is 3. The van der Waals surface area contributed by atoms with Gasteiger partial charge in [-0.3, -0.25) is 4.79 Å². The van der Waals surface area contributed by atoms with Gasteiger partial charge in [-0.2, -0.15) is 0 Å². The van der Waals surface area contributed by atoms with Crippen molar-refractivity contribution in [1.82, 2.24) is 10.3 Å². The van der Waals surface area contributed by atoms with Crippen LogP contribution in [-0.2, 0) is 6.54 Å². The Morgan fingerprint density at radius 2 is 1.82 bits per heavy atom. The van der Waals surface area contributed by atoms with Crippen LogP contribution in [-0.4, -0.2) is 24.0 Å². The summed E-state index contributed by atoms with van der Waals surface area (Å²) in [5, 5.41) is 2.96. The molecule has 0 radical (unpaired) electrons. The molecule has 0 aliphatic carbocycles. The van der Waals surface area contributed by atoms with Gasteiger partial charge >= 0.3 is 0 Å². The third kappa shape index (κ3) is 4.03. The lowest BCUT2D eigenvalue weighted by atomic mass is 9.91. The van der Waals surface area contributed by atoms with Crippen molar-refractivity contribution in [2.75, 3.05) is 18.0 Å². The van der Waals surface area contributed by atoms with E-state index in [4.69, 9.17) is 0 Å². The van der Waals surface area contributed by atoms with Gasteiger partial charge < -0.3 is 10.2 Å². The Labute approximate surface area is 164 Å². The van der Waals surface area contributed by atoms with Crippen LogP contribution in [0.2, 0.25) is 0 Å². The smallest absolute Gasteiger partial charge is 0.251 e. The van der Waals surface area contributed by atoms with Gasteiger partial charge in [0.1, 0.15) is 11.6 Å². The van der Waals surface area contributed by atoms with Crippen LogP contribution in [0.5, 0.6) is 0 Å². The number of nitrogens with zero attached hydrogens (tertiary/aromatic N) is 2. The number of carbonyl (C=O) groups is 1. The van der Waals surface area contributed by atoms with Gasteiger partial charge in [0.25, 0.3) is 5.91 Å². The van der Waals surface area contributed by atoms with Crippen molar-refractivity contribution in [2.24, 2.45) is 0 Å². The molecule has 1 fully saturated rings. The molecule has 1 aliphatic heterocycles. The van der Waals surface area contributed by atoms with Gasteiger partial charge in [-0.25, -0.2) is 9.37 Å². The molecule has 0 bridgehead atoms. The minimum Gasteiger partial charge on any atom is -0.355 e. The molecule has 1 N–H and O–H groups in total. The fraction of sp³-hybridized carbons (Fsp3) is 0.217. The number of pyridine rings is 1. The average Bonchev–Trinajstić information content (AvgIpc) is 2.68. The van der Waals surface area contributed by atoms with Crippen LogP contribution in [0, 0.1) is 12.7 Å². The molecule has 0 atom stereocenters. The summed E-state index contributed by atoms with van der Waals surface area (Å²) in [4.78, 5) is 19.0. The van der Waals surface area contributed by atoms with Gasteiger partial charge in [0.15, 0.2) is 0 Å². The number of hydrogen-bond donors (Lipinski definition) is 1. The summed E-state index contributed by atoms with van der Waals surface area (Å²) in [7, 11) is 0. The zero-order chi connectivity index (χ0) is 19.5. The van der Waals surface area contributed by atoms with Crippen molar-refractivity contribution in [3.05, 3.63) is 94.9 Å². The molecular formula is C23H22FN3O. The number of halogens is 1. The standard InChI is InChI=1S/C23H22FN3O/c1-16-2-4-17(5-3-16)13-26-23(28)19-10-11-25-22(12-19)27-14-20(15-27)18-6-8-21(24)9-7-18/h2-12,20H,13-15H2,1H3,(H,26,28). The highest BCUT2D eigenvalue weighted by Crippen LogP contribution is 2.30. The Balaban J connectivity index is 1.36. The normalized spacial score (nSPS) is 13.9. The Morgan fingerprint density at radius 3 is 2.54 bits per heavy atom. The molecule has 4 rings (SSSR count). The van der Waals surface area contributed by atoms with Crippen LogP contribution in [0.4, 0.5) is 10.2 Å². The van der Waals surface area contributed by atoms with E-state index in [0.29, 0.717) is 18.0 Å². The van der Waals surface area contributed by atoms with E-state index < -0.39 is 0 Å². The maximum absolute atomic E-state index is 13.1. The second-order valence-electron chi connectivity index (χ2n) is 7.22. The Kier molecular flexibility index (Phi) is 5.06. The number of carbonyl (C=O) groups excluding carboxylic acids is 1. The number of benzene rings is 2. The molecular weight excluding hydrogens is 353 g/mol. The zero-order valence-electron chi connectivity index (χ0n) is 15.7. The molecule has 4 nitrogen and oxygen atoms in total.